The number of alkyl halides is 6. The molecule has 0 saturated carbocycles. The molecule has 2 aromatic rings. The van der Waals surface area contributed by atoms with Crippen molar-refractivity contribution in [3.63, 3.8) is 0 Å². The molecule has 0 spiro atoms. The van der Waals surface area contributed by atoms with E-state index >= 15 is 0 Å². The number of imidazole rings is 1. The largest absolute Gasteiger partial charge is 0.490 e. The molecule has 0 aliphatic rings. The topological polar surface area (TPSA) is 187 Å². The predicted molar refractivity (Wildman–Crippen MR) is 114 cm³/mol. The average molecular weight is 543 g/mol. The molecular weight excluding hydrogens is 520 g/mol. The molecule has 7 N–H and O–H groups in total. The molecule has 11 nitrogen and oxygen atoms in total. The van der Waals surface area contributed by atoms with Crippen LogP contribution >= 0.6 is 0 Å². The molecule has 0 saturated heterocycles. The summed E-state index contributed by atoms with van der Waals surface area (Å²) in [5.74, 6) is -6.00. The molecule has 2 amide bonds. The van der Waals surface area contributed by atoms with Gasteiger partial charge in [0.1, 0.15) is 6.04 Å². The Labute approximate surface area is 205 Å². The van der Waals surface area contributed by atoms with Crippen molar-refractivity contribution in [2.45, 2.75) is 37.8 Å². The Morgan fingerprint density at radius 3 is 1.89 bits per heavy atom. The Morgan fingerprint density at radius 1 is 0.973 bits per heavy atom. The van der Waals surface area contributed by atoms with E-state index in [1.54, 1.807) is 6.20 Å². The lowest BCUT2D eigenvalue weighted by atomic mass is 10.1. The summed E-state index contributed by atoms with van der Waals surface area (Å²) in [4.78, 5) is 48.8. The van der Waals surface area contributed by atoms with Crippen molar-refractivity contribution in [1.29, 1.82) is 0 Å². The second-order valence-corrected chi connectivity index (χ2v) is 6.75. The number of halogens is 6. The molecule has 206 valence electrons. The summed E-state index contributed by atoms with van der Waals surface area (Å²) in [5, 5.41) is 19.8. The lowest BCUT2D eigenvalue weighted by Crippen LogP contribution is -2.48. The summed E-state index contributed by atoms with van der Waals surface area (Å²) in [6.07, 6.45) is -6.47. The van der Waals surface area contributed by atoms with Gasteiger partial charge in [-0.1, -0.05) is 30.3 Å². The third kappa shape index (κ3) is 15.5. The van der Waals surface area contributed by atoms with Gasteiger partial charge in [-0.05, 0) is 5.56 Å². The van der Waals surface area contributed by atoms with E-state index in [9.17, 15) is 35.9 Å². The number of hydrogen-bond acceptors (Lipinski definition) is 6. The second kappa shape index (κ2) is 15.8. The average Bonchev–Trinajstić information content (AvgIpc) is 3.30. The number of carbonyl (C=O) groups excluding carboxylic acids is 2. The first-order chi connectivity index (χ1) is 17.1. The van der Waals surface area contributed by atoms with E-state index < -0.39 is 30.3 Å². The van der Waals surface area contributed by atoms with E-state index in [0.717, 1.165) is 11.3 Å². The Bertz CT molecular complexity index is 960. The number of aromatic nitrogens is 2. The molecular formula is C20H23F6N5O6. The van der Waals surface area contributed by atoms with Crippen LogP contribution in [0.1, 0.15) is 17.7 Å². The van der Waals surface area contributed by atoms with Crippen LogP contribution < -0.4 is 16.4 Å². The highest BCUT2D eigenvalue weighted by Crippen LogP contribution is 2.13. The number of rotatable bonds is 8. The number of carbonyl (C=O) groups is 4. The number of aromatic amines is 1. The minimum absolute atomic E-state index is 0.186. The van der Waals surface area contributed by atoms with Crippen molar-refractivity contribution >= 4 is 23.8 Å². The summed E-state index contributed by atoms with van der Waals surface area (Å²) in [7, 11) is 0. The van der Waals surface area contributed by atoms with Gasteiger partial charge >= 0.3 is 24.3 Å². The Morgan fingerprint density at radius 2 is 1.49 bits per heavy atom. The van der Waals surface area contributed by atoms with Gasteiger partial charge in [-0.2, -0.15) is 26.3 Å². The van der Waals surface area contributed by atoms with E-state index in [2.05, 4.69) is 20.6 Å². The first-order valence-electron chi connectivity index (χ1n) is 9.96. The molecule has 1 atom stereocenters. The fourth-order valence-corrected chi connectivity index (χ4v) is 2.13. The number of nitrogens with two attached hydrogens (primary N) is 1. The predicted octanol–water partition coefficient (Wildman–Crippen LogP) is 1.37. The van der Waals surface area contributed by atoms with Gasteiger partial charge in [0.15, 0.2) is 0 Å². The SMILES string of the molecule is NCCC(=O)N[C@@H](Cc1cnc[nH]1)C(=O)NCc1ccccc1.O=C(O)C(F)(F)F.O=C(O)C(F)(F)F. The minimum atomic E-state index is -5.08. The molecule has 0 fully saturated rings. The van der Waals surface area contributed by atoms with Gasteiger partial charge in [0.2, 0.25) is 11.8 Å². The lowest BCUT2D eigenvalue weighted by molar-refractivity contribution is -0.193. The minimum Gasteiger partial charge on any atom is -0.475 e. The van der Waals surface area contributed by atoms with Crippen molar-refractivity contribution in [3.8, 4) is 0 Å². The Kier molecular flexibility index (Phi) is 14.0. The summed E-state index contributed by atoms with van der Waals surface area (Å²) in [6, 6.07) is 8.92. The summed E-state index contributed by atoms with van der Waals surface area (Å²) < 4.78 is 63.5. The molecule has 0 bridgehead atoms. The van der Waals surface area contributed by atoms with Crippen LogP contribution in [-0.4, -0.2) is 68.9 Å². The maximum atomic E-state index is 12.4. The van der Waals surface area contributed by atoms with Gasteiger partial charge in [-0.15, -0.1) is 0 Å². The standard InChI is InChI=1S/C16H21N5O2.2C2HF3O2/c17-7-6-15(22)21-14(8-13-10-18-11-20-13)16(23)19-9-12-4-2-1-3-5-12;2*3-2(4,5)1(6)7/h1-5,10-11,14H,6-9,17H2,(H,18,20)(H,19,23)(H,21,22);2*(H,6,7)/t14-;;/m0../s1. The smallest absolute Gasteiger partial charge is 0.475 e. The number of carboxylic acids is 2. The molecule has 0 unspecified atom stereocenters. The number of carboxylic acid groups (broad SMARTS) is 2. The van der Waals surface area contributed by atoms with Crippen molar-refractivity contribution in [1.82, 2.24) is 20.6 Å². The first-order valence-corrected chi connectivity index (χ1v) is 9.96. The fraction of sp³-hybridized carbons (Fsp3) is 0.350. The van der Waals surface area contributed by atoms with Crippen LogP contribution in [0.3, 0.4) is 0 Å². The van der Waals surface area contributed by atoms with Crippen LogP contribution in [0, 0.1) is 0 Å². The second-order valence-electron chi connectivity index (χ2n) is 6.75. The van der Waals surface area contributed by atoms with Gasteiger partial charge in [-0.25, -0.2) is 14.6 Å². The molecule has 0 aliphatic heterocycles. The number of benzene rings is 1. The molecule has 0 radical (unpaired) electrons. The maximum Gasteiger partial charge on any atom is 0.490 e. The third-order valence-electron chi connectivity index (χ3n) is 3.80. The van der Waals surface area contributed by atoms with Crippen LogP contribution in [0.15, 0.2) is 42.9 Å². The van der Waals surface area contributed by atoms with Crippen molar-refractivity contribution in [3.05, 3.63) is 54.1 Å². The normalized spacial score (nSPS) is 11.5. The Balaban J connectivity index is 0.000000761. The van der Waals surface area contributed by atoms with Gasteiger partial charge < -0.3 is 31.6 Å². The van der Waals surface area contributed by atoms with Crippen LogP contribution in [0.5, 0.6) is 0 Å². The monoisotopic (exact) mass is 543 g/mol. The zero-order chi connectivity index (χ0) is 28.6. The maximum absolute atomic E-state index is 12.4. The van der Waals surface area contributed by atoms with Crippen LogP contribution in [0.25, 0.3) is 0 Å². The van der Waals surface area contributed by atoms with Gasteiger partial charge in [-0.3, -0.25) is 9.59 Å². The molecule has 2 rings (SSSR count). The summed E-state index contributed by atoms with van der Waals surface area (Å²) >= 11 is 0. The highest BCUT2D eigenvalue weighted by molar-refractivity contribution is 5.87. The number of amides is 2. The fourth-order valence-electron chi connectivity index (χ4n) is 2.13. The van der Waals surface area contributed by atoms with E-state index in [-0.39, 0.29) is 24.8 Å². The van der Waals surface area contributed by atoms with Gasteiger partial charge in [0, 0.05) is 37.8 Å². The number of nitrogens with zero attached hydrogens (tertiary/aromatic N) is 1. The molecule has 1 aromatic heterocycles. The van der Waals surface area contributed by atoms with Gasteiger partial charge in [0.25, 0.3) is 0 Å². The van der Waals surface area contributed by atoms with Crippen molar-refractivity contribution in [2.75, 3.05) is 6.54 Å². The van der Waals surface area contributed by atoms with Gasteiger partial charge in [0.05, 0.1) is 6.33 Å². The molecule has 37 heavy (non-hydrogen) atoms. The quantitative estimate of drug-likeness (QED) is 0.269. The summed E-state index contributed by atoms with van der Waals surface area (Å²) in [5.41, 5.74) is 7.15. The van der Waals surface area contributed by atoms with E-state index in [1.807, 2.05) is 30.3 Å². The number of nitrogens with one attached hydrogen (secondary N) is 3. The Hall–Kier alpha value is -4.15. The van der Waals surface area contributed by atoms with Crippen LogP contribution in [0.2, 0.25) is 0 Å². The molecule has 17 heteroatoms. The van der Waals surface area contributed by atoms with Crippen LogP contribution in [-0.2, 0) is 32.1 Å². The third-order valence-corrected chi connectivity index (χ3v) is 3.80. The summed E-state index contributed by atoms with van der Waals surface area (Å²) in [6.45, 7) is 0.653. The van der Waals surface area contributed by atoms with E-state index in [4.69, 9.17) is 25.5 Å². The van der Waals surface area contributed by atoms with Crippen molar-refractivity contribution < 1.29 is 55.7 Å². The zero-order valence-corrected chi connectivity index (χ0v) is 18.8. The molecule has 1 heterocycles. The van der Waals surface area contributed by atoms with Crippen LogP contribution in [0.4, 0.5) is 26.3 Å². The number of aliphatic carboxylic acids is 2. The lowest BCUT2D eigenvalue weighted by Gasteiger charge is -2.18. The molecule has 1 aromatic carbocycles. The van der Waals surface area contributed by atoms with E-state index in [1.165, 1.54) is 6.33 Å². The molecule has 0 aliphatic carbocycles. The number of H-pyrrole nitrogens is 1. The van der Waals surface area contributed by atoms with E-state index in [0.29, 0.717) is 13.0 Å². The van der Waals surface area contributed by atoms with Crippen molar-refractivity contribution in [2.24, 2.45) is 5.73 Å². The zero-order valence-electron chi connectivity index (χ0n) is 18.8. The first kappa shape index (κ1) is 32.8. The number of hydrogen-bond donors (Lipinski definition) is 6. The highest BCUT2D eigenvalue weighted by atomic mass is 19.4. The highest BCUT2D eigenvalue weighted by Gasteiger charge is 2.38.